The predicted octanol–water partition coefficient (Wildman–Crippen LogP) is 2.52. The summed E-state index contributed by atoms with van der Waals surface area (Å²) in [7, 11) is 0. The van der Waals surface area contributed by atoms with Gasteiger partial charge in [0.15, 0.2) is 0 Å². The molecule has 0 spiro atoms. The van der Waals surface area contributed by atoms with Crippen LogP contribution in [0, 0.1) is 6.92 Å². The minimum absolute atomic E-state index is 0.0507. The SMILES string of the molecule is Cc1cccc(C(CO)(CO)Cc2cccs2)c1. The van der Waals surface area contributed by atoms with Crippen LogP contribution in [0.25, 0.3) is 0 Å². The molecule has 0 aliphatic carbocycles. The zero-order valence-electron chi connectivity index (χ0n) is 10.5. The van der Waals surface area contributed by atoms with Crippen molar-refractivity contribution in [1.82, 2.24) is 0 Å². The fourth-order valence-electron chi connectivity index (χ4n) is 2.17. The largest absolute Gasteiger partial charge is 0.395 e. The molecular formula is C15H18O2S. The van der Waals surface area contributed by atoms with E-state index in [2.05, 4.69) is 0 Å². The van der Waals surface area contributed by atoms with E-state index in [4.69, 9.17) is 0 Å². The summed E-state index contributed by atoms with van der Waals surface area (Å²) in [5, 5.41) is 21.5. The van der Waals surface area contributed by atoms with Crippen LogP contribution in [-0.4, -0.2) is 23.4 Å². The molecule has 3 heteroatoms. The normalized spacial score (nSPS) is 11.7. The molecule has 0 aliphatic rings. The third kappa shape index (κ3) is 2.64. The highest BCUT2D eigenvalue weighted by Gasteiger charge is 2.31. The number of thiophene rings is 1. The molecule has 2 N–H and O–H groups in total. The average Bonchev–Trinajstić information content (AvgIpc) is 2.89. The Morgan fingerprint density at radius 2 is 1.89 bits per heavy atom. The van der Waals surface area contributed by atoms with Crippen molar-refractivity contribution in [2.45, 2.75) is 18.8 Å². The van der Waals surface area contributed by atoms with Crippen molar-refractivity contribution in [1.29, 1.82) is 0 Å². The maximum absolute atomic E-state index is 9.76. The number of aryl methyl sites for hydroxylation is 1. The Labute approximate surface area is 112 Å². The van der Waals surface area contributed by atoms with E-state index in [0.717, 1.165) is 11.1 Å². The molecular weight excluding hydrogens is 244 g/mol. The van der Waals surface area contributed by atoms with Gasteiger partial charge in [0.05, 0.1) is 13.2 Å². The first-order valence-corrected chi connectivity index (χ1v) is 6.89. The Morgan fingerprint density at radius 1 is 1.11 bits per heavy atom. The van der Waals surface area contributed by atoms with Crippen LogP contribution in [0.4, 0.5) is 0 Å². The van der Waals surface area contributed by atoms with Crippen LogP contribution in [0.3, 0.4) is 0 Å². The van der Waals surface area contributed by atoms with Gasteiger partial charge in [-0.3, -0.25) is 0 Å². The third-order valence-corrected chi connectivity index (χ3v) is 4.20. The van der Waals surface area contributed by atoms with Gasteiger partial charge in [-0.2, -0.15) is 0 Å². The molecule has 1 aromatic heterocycles. The summed E-state index contributed by atoms with van der Waals surface area (Å²) in [5.41, 5.74) is 1.56. The topological polar surface area (TPSA) is 40.5 Å². The number of hydrogen-bond acceptors (Lipinski definition) is 3. The zero-order chi connectivity index (χ0) is 13.0. The van der Waals surface area contributed by atoms with Crippen molar-refractivity contribution < 1.29 is 10.2 Å². The van der Waals surface area contributed by atoms with E-state index >= 15 is 0 Å². The summed E-state index contributed by atoms with van der Waals surface area (Å²) in [6, 6.07) is 12.1. The van der Waals surface area contributed by atoms with Gasteiger partial charge in [0.2, 0.25) is 0 Å². The molecule has 0 bridgehead atoms. The molecule has 0 fully saturated rings. The molecule has 2 nitrogen and oxygen atoms in total. The number of aliphatic hydroxyl groups is 2. The lowest BCUT2D eigenvalue weighted by molar-refractivity contribution is 0.117. The first kappa shape index (κ1) is 13.3. The maximum Gasteiger partial charge on any atom is 0.0553 e. The fraction of sp³-hybridized carbons (Fsp3) is 0.333. The van der Waals surface area contributed by atoms with Crippen molar-refractivity contribution >= 4 is 11.3 Å². The van der Waals surface area contributed by atoms with Gasteiger partial charge in [-0.1, -0.05) is 35.9 Å². The van der Waals surface area contributed by atoms with Gasteiger partial charge in [0.25, 0.3) is 0 Å². The quantitative estimate of drug-likeness (QED) is 0.869. The van der Waals surface area contributed by atoms with E-state index in [1.165, 1.54) is 4.88 Å². The Morgan fingerprint density at radius 3 is 2.44 bits per heavy atom. The summed E-state index contributed by atoms with van der Waals surface area (Å²) in [5.74, 6) is 0. The van der Waals surface area contributed by atoms with E-state index in [0.29, 0.717) is 6.42 Å². The molecule has 2 rings (SSSR count). The number of hydrogen-bond donors (Lipinski definition) is 2. The second kappa shape index (κ2) is 5.65. The molecule has 0 saturated heterocycles. The number of rotatable bonds is 5. The van der Waals surface area contributed by atoms with Crippen LogP contribution >= 0.6 is 11.3 Å². The molecule has 0 radical (unpaired) electrons. The van der Waals surface area contributed by atoms with E-state index < -0.39 is 5.41 Å². The summed E-state index contributed by atoms with van der Waals surface area (Å²) in [6.45, 7) is 1.92. The Hall–Kier alpha value is -1.16. The Bertz CT molecular complexity index is 487. The predicted molar refractivity (Wildman–Crippen MR) is 75.1 cm³/mol. The van der Waals surface area contributed by atoms with Crippen molar-refractivity contribution in [3.63, 3.8) is 0 Å². The first-order valence-electron chi connectivity index (χ1n) is 6.01. The van der Waals surface area contributed by atoms with E-state index in [1.54, 1.807) is 11.3 Å². The monoisotopic (exact) mass is 262 g/mol. The zero-order valence-corrected chi connectivity index (χ0v) is 11.3. The standard InChI is InChI=1S/C15H18O2S/c1-12-4-2-5-13(8-12)15(10-16,11-17)9-14-6-3-7-18-14/h2-8,16-17H,9-11H2,1H3. The second-order valence-corrected chi connectivity index (χ2v) is 5.75. The van der Waals surface area contributed by atoms with Crippen molar-refractivity contribution in [2.75, 3.05) is 13.2 Å². The van der Waals surface area contributed by atoms with Gasteiger partial charge >= 0.3 is 0 Å². The van der Waals surface area contributed by atoms with E-state index in [-0.39, 0.29) is 13.2 Å². The highest BCUT2D eigenvalue weighted by Crippen LogP contribution is 2.30. The molecule has 0 amide bonds. The highest BCUT2D eigenvalue weighted by atomic mass is 32.1. The van der Waals surface area contributed by atoms with Crippen molar-refractivity contribution in [3.8, 4) is 0 Å². The lowest BCUT2D eigenvalue weighted by Gasteiger charge is -2.30. The van der Waals surface area contributed by atoms with Crippen molar-refractivity contribution in [2.24, 2.45) is 0 Å². The molecule has 0 aliphatic heterocycles. The molecule has 0 atom stereocenters. The van der Waals surface area contributed by atoms with Crippen LogP contribution in [-0.2, 0) is 11.8 Å². The van der Waals surface area contributed by atoms with Gasteiger partial charge in [-0.15, -0.1) is 11.3 Å². The van der Waals surface area contributed by atoms with Crippen LogP contribution in [0.2, 0.25) is 0 Å². The average molecular weight is 262 g/mol. The van der Waals surface area contributed by atoms with E-state index in [1.807, 2.05) is 48.7 Å². The van der Waals surface area contributed by atoms with Gasteiger partial charge in [0.1, 0.15) is 0 Å². The molecule has 0 saturated carbocycles. The molecule has 0 unspecified atom stereocenters. The van der Waals surface area contributed by atoms with Crippen LogP contribution in [0.5, 0.6) is 0 Å². The van der Waals surface area contributed by atoms with Gasteiger partial charge < -0.3 is 10.2 Å². The minimum Gasteiger partial charge on any atom is -0.395 e. The minimum atomic E-state index is -0.586. The molecule has 2 aromatic rings. The molecule has 1 heterocycles. The smallest absolute Gasteiger partial charge is 0.0553 e. The second-order valence-electron chi connectivity index (χ2n) is 4.72. The molecule has 96 valence electrons. The summed E-state index contributed by atoms with van der Waals surface area (Å²) < 4.78 is 0. The van der Waals surface area contributed by atoms with Gasteiger partial charge in [-0.05, 0) is 30.4 Å². The van der Waals surface area contributed by atoms with Crippen LogP contribution < -0.4 is 0 Å². The lowest BCUT2D eigenvalue weighted by atomic mass is 9.78. The van der Waals surface area contributed by atoms with Gasteiger partial charge in [0, 0.05) is 10.3 Å². The van der Waals surface area contributed by atoms with E-state index in [9.17, 15) is 10.2 Å². The fourth-order valence-corrected chi connectivity index (χ4v) is 3.02. The Balaban J connectivity index is 2.37. The first-order chi connectivity index (χ1) is 8.70. The van der Waals surface area contributed by atoms with Gasteiger partial charge in [-0.25, -0.2) is 0 Å². The third-order valence-electron chi connectivity index (χ3n) is 3.33. The maximum atomic E-state index is 9.76. The van der Waals surface area contributed by atoms with Crippen LogP contribution in [0.1, 0.15) is 16.0 Å². The number of benzene rings is 1. The molecule has 18 heavy (non-hydrogen) atoms. The van der Waals surface area contributed by atoms with Crippen molar-refractivity contribution in [3.05, 3.63) is 57.8 Å². The number of aliphatic hydroxyl groups excluding tert-OH is 2. The highest BCUT2D eigenvalue weighted by molar-refractivity contribution is 7.09. The Kier molecular flexibility index (Phi) is 4.17. The lowest BCUT2D eigenvalue weighted by Crippen LogP contribution is -2.37. The van der Waals surface area contributed by atoms with Crippen LogP contribution in [0.15, 0.2) is 41.8 Å². The summed E-state index contributed by atoms with van der Waals surface area (Å²) in [4.78, 5) is 1.18. The summed E-state index contributed by atoms with van der Waals surface area (Å²) >= 11 is 1.66. The molecule has 1 aromatic carbocycles. The summed E-state index contributed by atoms with van der Waals surface area (Å²) in [6.07, 6.45) is 0.668.